The second kappa shape index (κ2) is 6.37. The number of rotatable bonds is 3. The Labute approximate surface area is 149 Å². The molecule has 128 valence electrons. The molecule has 5 nitrogen and oxygen atoms in total. The van der Waals surface area contributed by atoms with Gasteiger partial charge in [-0.05, 0) is 29.3 Å². The number of nitrogen functional groups attached to an aromatic ring is 1. The predicted molar refractivity (Wildman–Crippen MR) is 102 cm³/mol. The molecule has 0 aliphatic carbocycles. The Kier molecular flexibility index (Phi) is 3.89. The summed E-state index contributed by atoms with van der Waals surface area (Å²) in [5, 5.41) is 0. The van der Waals surface area contributed by atoms with E-state index in [4.69, 9.17) is 5.73 Å². The second-order valence-electron chi connectivity index (χ2n) is 6.13. The lowest BCUT2D eigenvalue weighted by molar-refractivity contribution is 0.0894. The van der Waals surface area contributed by atoms with Crippen LogP contribution in [-0.2, 0) is 0 Å². The Morgan fingerprint density at radius 3 is 2.04 bits per heavy atom. The molecule has 26 heavy (non-hydrogen) atoms. The first-order valence-corrected chi connectivity index (χ1v) is 8.29. The number of carbonyl (C=O) groups excluding carboxylic acids is 1. The first kappa shape index (κ1) is 15.9. The highest BCUT2D eigenvalue weighted by atomic mass is 16.2. The summed E-state index contributed by atoms with van der Waals surface area (Å²) in [5.41, 5.74) is 8.58. The van der Waals surface area contributed by atoms with Crippen molar-refractivity contribution in [3.8, 4) is 0 Å². The minimum Gasteiger partial charge on any atom is -0.399 e. The van der Waals surface area contributed by atoms with E-state index in [1.54, 1.807) is 18.2 Å². The van der Waals surface area contributed by atoms with Gasteiger partial charge in [0, 0.05) is 5.69 Å². The minimum absolute atomic E-state index is 0.302. The summed E-state index contributed by atoms with van der Waals surface area (Å²) in [7, 11) is 0. The number of hydrogen-bond acceptors (Lipinski definition) is 3. The standard InChI is InChI=1S/C21H17N3O2/c22-16-11-12-18-17(13-16)23-21(26)24(18)20(25)19(14-7-3-1-4-8-14)15-9-5-2-6-10-15/h1-13,19H,22H2,(H,23,26). The lowest BCUT2D eigenvalue weighted by Gasteiger charge is -2.17. The van der Waals surface area contributed by atoms with Crippen molar-refractivity contribution in [2.75, 3.05) is 5.73 Å². The van der Waals surface area contributed by atoms with Gasteiger partial charge >= 0.3 is 5.69 Å². The summed E-state index contributed by atoms with van der Waals surface area (Å²) in [4.78, 5) is 28.7. The fourth-order valence-electron chi connectivity index (χ4n) is 3.25. The fourth-order valence-corrected chi connectivity index (χ4v) is 3.25. The third-order valence-electron chi connectivity index (χ3n) is 4.44. The molecule has 3 N–H and O–H groups in total. The van der Waals surface area contributed by atoms with E-state index in [-0.39, 0.29) is 5.91 Å². The molecule has 0 atom stereocenters. The number of imidazole rings is 1. The second-order valence-corrected chi connectivity index (χ2v) is 6.13. The van der Waals surface area contributed by atoms with E-state index >= 15 is 0 Å². The molecule has 0 bridgehead atoms. The number of hydrogen-bond donors (Lipinski definition) is 2. The van der Waals surface area contributed by atoms with Gasteiger partial charge in [0.05, 0.1) is 17.0 Å². The minimum atomic E-state index is -0.577. The number of aromatic amines is 1. The third-order valence-corrected chi connectivity index (χ3v) is 4.44. The molecule has 4 rings (SSSR count). The number of nitrogens with one attached hydrogen (secondary N) is 1. The molecule has 3 aromatic carbocycles. The van der Waals surface area contributed by atoms with Crippen LogP contribution in [0.4, 0.5) is 5.69 Å². The molecule has 1 heterocycles. The van der Waals surface area contributed by atoms with Gasteiger partial charge in [-0.2, -0.15) is 0 Å². The Morgan fingerprint density at radius 2 is 1.46 bits per heavy atom. The van der Waals surface area contributed by atoms with Gasteiger partial charge in [-0.25, -0.2) is 9.36 Å². The summed E-state index contributed by atoms with van der Waals surface area (Å²) in [6.07, 6.45) is 0. The summed E-state index contributed by atoms with van der Waals surface area (Å²) < 4.78 is 1.19. The highest BCUT2D eigenvalue weighted by Crippen LogP contribution is 2.27. The zero-order chi connectivity index (χ0) is 18.1. The van der Waals surface area contributed by atoms with Crippen LogP contribution < -0.4 is 11.4 Å². The molecular formula is C21H17N3O2. The van der Waals surface area contributed by atoms with Crippen molar-refractivity contribution < 1.29 is 4.79 Å². The molecule has 4 aromatic rings. The molecule has 1 aromatic heterocycles. The number of anilines is 1. The summed E-state index contributed by atoms with van der Waals surface area (Å²) in [6, 6.07) is 23.9. The number of nitrogens with zero attached hydrogens (tertiary/aromatic N) is 1. The van der Waals surface area contributed by atoms with Crippen molar-refractivity contribution in [1.29, 1.82) is 0 Å². The highest BCUT2D eigenvalue weighted by molar-refractivity contribution is 5.96. The van der Waals surface area contributed by atoms with Crippen LogP contribution in [0.15, 0.2) is 83.7 Å². The van der Waals surface area contributed by atoms with Gasteiger partial charge in [0.1, 0.15) is 0 Å². The van der Waals surface area contributed by atoms with Crippen molar-refractivity contribution in [2.45, 2.75) is 5.92 Å². The SMILES string of the molecule is Nc1ccc2c(c1)[nH]c(=O)n2C(=O)C(c1ccccc1)c1ccccc1. The zero-order valence-electron chi connectivity index (χ0n) is 13.9. The van der Waals surface area contributed by atoms with Gasteiger partial charge in [0.15, 0.2) is 0 Å². The van der Waals surface area contributed by atoms with Crippen LogP contribution in [0, 0.1) is 0 Å². The van der Waals surface area contributed by atoms with E-state index in [1.807, 2.05) is 60.7 Å². The van der Waals surface area contributed by atoms with Crippen molar-refractivity contribution in [3.05, 3.63) is 100 Å². The molecule has 0 saturated carbocycles. The molecule has 0 aliphatic heterocycles. The first-order valence-electron chi connectivity index (χ1n) is 8.29. The monoisotopic (exact) mass is 343 g/mol. The molecule has 0 saturated heterocycles. The lowest BCUT2D eigenvalue weighted by atomic mass is 9.90. The number of H-pyrrole nitrogens is 1. The van der Waals surface area contributed by atoms with E-state index in [0.717, 1.165) is 11.1 Å². The number of fused-ring (bicyclic) bond motifs is 1. The van der Waals surface area contributed by atoms with Crippen LogP contribution in [0.25, 0.3) is 11.0 Å². The smallest absolute Gasteiger partial charge is 0.333 e. The summed E-state index contributed by atoms with van der Waals surface area (Å²) >= 11 is 0. The van der Waals surface area contributed by atoms with Gasteiger partial charge in [-0.3, -0.25) is 4.79 Å². The molecule has 5 heteroatoms. The average molecular weight is 343 g/mol. The molecule has 0 radical (unpaired) electrons. The van der Waals surface area contributed by atoms with Crippen LogP contribution in [0.1, 0.15) is 21.8 Å². The quantitative estimate of drug-likeness (QED) is 0.560. The van der Waals surface area contributed by atoms with Crippen molar-refractivity contribution in [1.82, 2.24) is 9.55 Å². The van der Waals surface area contributed by atoms with E-state index in [0.29, 0.717) is 16.7 Å². The Balaban J connectivity index is 1.91. The van der Waals surface area contributed by atoms with E-state index < -0.39 is 11.6 Å². The van der Waals surface area contributed by atoms with Gasteiger partial charge in [0.2, 0.25) is 5.91 Å². The maximum Gasteiger partial charge on any atom is 0.333 e. The van der Waals surface area contributed by atoms with Gasteiger partial charge in [-0.1, -0.05) is 60.7 Å². The third kappa shape index (κ3) is 2.69. The Hall–Kier alpha value is -3.60. The lowest BCUT2D eigenvalue weighted by Crippen LogP contribution is -2.29. The van der Waals surface area contributed by atoms with Crippen LogP contribution in [0.3, 0.4) is 0 Å². The number of benzene rings is 3. The van der Waals surface area contributed by atoms with Gasteiger partial charge < -0.3 is 10.7 Å². The molecule has 0 unspecified atom stereocenters. The Bertz CT molecular complexity index is 1090. The van der Waals surface area contributed by atoms with Gasteiger partial charge in [-0.15, -0.1) is 0 Å². The maximum absolute atomic E-state index is 13.4. The predicted octanol–water partition coefficient (Wildman–Crippen LogP) is 3.38. The molecular weight excluding hydrogens is 326 g/mol. The normalized spacial score (nSPS) is 11.1. The molecule has 0 amide bonds. The number of nitrogens with two attached hydrogens (primary N) is 1. The maximum atomic E-state index is 13.4. The molecule has 0 spiro atoms. The number of carbonyl (C=O) groups is 1. The van der Waals surface area contributed by atoms with Crippen molar-refractivity contribution >= 4 is 22.6 Å². The van der Waals surface area contributed by atoms with Gasteiger partial charge in [0.25, 0.3) is 0 Å². The average Bonchev–Trinajstić information content (AvgIpc) is 2.98. The van der Waals surface area contributed by atoms with Crippen LogP contribution in [0.5, 0.6) is 0 Å². The van der Waals surface area contributed by atoms with Crippen LogP contribution in [0.2, 0.25) is 0 Å². The van der Waals surface area contributed by atoms with Crippen molar-refractivity contribution in [3.63, 3.8) is 0 Å². The van der Waals surface area contributed by atoms with Crippen LogP contribution in [-0.4, -0.2) is 15.5 Å². The van der Waals surface area contributed by atoms with E-state index in [2.05, 4.69) is 4.98 Å². The summed E-state index contributed by atoms with van der Waals surface area (Å²) in [5.74, 6) is -0.880. The zero-order valence-corrected chi connectivity index (χ0v) is 13.9. The fraction of sp³-hybridized carbons (Fsp3) is 0.0476. The summed E-state index contributed by atoms with van der Waals surface area (Å²) in [6.45, 7) is 0. The largest absolute Gasteiger partial charge is 0.399 e. The highest BCUT2D eigenvalue weighted by Gasteiger charge is 2.26. The topological polar surface area (TPSA) is 80.9 Å². The number of aromatic nitrogens is 2. The Morgan fingerprint density at radius 1 is 0.885 bits per heavy atom. The van der Waals surface area contributed by atoms with E-state index in [1.165, 1.54) is 4.57 Å². The van der Waals surface area contributed by atoms with Crippen molar-refractivity contribution in [2.24, 2.45) is 0 Å². The van der Waals surface area contributed by atoms with E-state index in [9.17, 15) is 9.59 Å². The first-order chi connectivity index (χ1) is 12.6. The molecule has 0 fully saturated rings. The molecule has 0 aliphatic rings. The van der Waals surface area contributed by atoms with Crippen LogP contribution >= 0.6 is 0 Å².